The Bertz CT molecular complexity index is 78.4. The van der Waals surface area contributed by atoms with Gasteiger partial charge in [-0.1, -0.05) is 5.08 Å². The van der Waals surface area contributed by atoms with Gasteiger partial charge >= 0.3 is 0 Å². The van der Waals surface area contributed by atoms with Crippen molar-refractivity contribution in [3.8, 4) is 0 Å². The Labute approximate surface area is 62.0 Å². The topological polar surface area (TPSA) is 32.6 Å². The Morgan fingerprint density at radius 1 is 1.88 bits per heavy atom. The van der Waals surface area contributed by atoms with Crippen molar-refractivity contribution in [2.45, 2.75) is 6.10 Å². The number of aliphatic hydroxyl groups is 1. The van der Waals surface area contributed by atoms with E-state index in [0.29, 0.717) is 6.54 Å². The molecule has 0 aliphatic carbocycles. The Morgan fingerprint density at radius 2 is 2.50 bits per heavy atom. The summed E-state index contributed by atoms with van der Waals surface area (Å²) in [6, 6.07) is 0. The smallest absolute Gasteiger partial charge is 0.195 e. The number of rotatable bonds is 3. The number of hydrogen-bond donors (Lipinski definition) is 1. The predicted molar refractivity (Wildman–Crippen MR) is 35.8 cm³/mol. The molecule has 0 aromatic rings. The van der Waals surface area contributed by atoms with Crippen molar-refractivity contribution in [1.29, 1.82) is 0 Å². The fraction of sp³-hybridized carbons (Fsp3) is 0.750. The average molecular weight is 148 g/mol. The molecule has 0 aromatic heterocycles. The minimum atomic E-state index is -0.492. The molecule has 0 aliphatic rings. The van der Waals surface area contributed by atoms with Crippen LogP contribution in [-0.2, 0) is 0 Å². The summed E-state index contributed by atoms with van der Waals surface area (Å²) in [5.41, 5.74) is 0. The molecule has 0 aliphatic heterocycles. The molecule has 4 heteroatoms. The average Bonchev–Trinajstić information content (AvgIpc) is 1.83. The number of alkyl halides is 1. The molecule has 0 saturated heterocycles. The number of aliphatic imine (C=N–C) groups is 1. The molecule has 0 spiro atoms. The van der Waals surface area contributed by atoms with E-state index in [2.05, 4.69) is 21.3 Å². The van der Waals surface area contributed by atoms with Gasteiger partial charge in [0.25, 0.3) is 0 Å². The first-order chi connectivity index (χ1) is 3.81. The Kier molecular flexibility index (Phi) is 5.90. The molecule has 1 atom stereocenters. The van der Waals surface area contributed by atoms with Gasteiger partial charge < -0.3 is 10.1 Å². The third-order valence-electron chi connectivity index (χ3n) is 0.600. The van der Waals surface area contributed by atoms with Crippen molar-refractivity contribution in [1.82, 2.24) is 0 Å². The van der Waals surface area contributed by atoms with Crippen LogP contribution in [0.5, 0.6) is 0 Å². The lowest BCUT2D eigenvalue weighted by Crippen LogP contribution is -2.12. The van der Waals surface area contributed by atoms with Crippen LogP contribution in [-0.4, -0.2) is 45.0 Å². The Balaban J connectivity index is 3.10. The minimum absolute atomic E-state index is 0.252. The molecule has 2 radical (unpaired) electrons. The summed E-state index contributed by atoms with van der Waals surface area (Å²) in [6.45, 7) is 0.396. The normalized spacial score (nSPS) is 14.8. The SMILES string of the molecule is O[C@@H](CCl)CN=[CH][Al]. The molecule has 0 rings (SSSR count). The highest BCUT2D eigenvalue weighted by Gasteiger charge is 1.95. The van der Waals surface area contributed by atoms with Gasteiger partial charge in [0.05, 0.1) is 18.5 Å². The van der Waals surface area contributed by atoms with Gasteiger partial charge in [0.1, 0.15) is 0 Å². The lowest BCUT2D eigenvalue weighted by molar-refractivity contribution is 0.207. The van der Waals surface area contributed by atoms with Crippen molar-refractivity contribution in [3.63, 3.8) is 0 Å². The third kappa shape index (κ3) is 4.61. The maximum absolute atomic E-state index is 8.73. The number of nitrogens with zero attached hydrogens (tertiary/aromatic N) is 1. The van der Waals surface area contributed by atoms with E-state index in [1.165, 1.54) is 0 Å². The first-order valence-electron chi connectivity index (χ1n) is 2.25. The van der Waals surface area contributed by atoms with Crippen LogP contribution < -0.4 is 0 Å². The highest BCUT2D eigenvalue weighted by Crippen LogP contribution is 1.86. The molecule has 0 aromatic carbocycles. The quantitative estimate of drug-likeness (QED) is 0.334. The van der Waals surface area contributed by atoms with E-state index in [1.54, 1.807) is 5.08 Å². The standard InChI is InChI=1S/C4H7ClNO.Al/c1-6-3-4(7)2-5;/h1,4,7H,2-3H2;/t4-;/m0./s1. The molecular weight excluding hydrogens is 140 g/mol. The van der Waals surface area contributed by atoms with Gasteiger partial charge in [-0.25, -0.2) is 0 Å². The molecule has 0 amide bonds. The molecular formula is C4H7AlClNO. The molecule has 0 saturated carbocycles. The van der Waals surface area contributed by atoms with Gasteiger partial charge in [-0.15, -0.1) is 11.6 Å². The van der Waals surface area contributed by atoms with Gasteiger partial charge in [0.2, 0.25) is 0 Å². The summed E-state index contributed by atoms with van der Waals surface area (Å²) in [7, 11) is 0. The first-order valence-corrected chi connectivity index (χ1v) is 3.45. The van der Waals surface area contributed by atoms with E-state index in [1.807, 2.05) is 0 Å². The second kappa shape index (κ2) is 5.59. The van der Waals surface area contributed by atoms with Crippen LogP contribution in [0.3, 0.4) is 0 Å². The molecule has 0 fully saturated rings. The lowest BCUT2D eigenvalue weighted by atomic mass is 10.4. The maximum atomic E-state index is 8.73. The molecule has 8 heavy (non-hydrogen) atoms. The Morgan fingerprint density at radius 3 is 2.88 bits per heavy atom. The Hall–Kier alpha value is 0.452. The van der Waals surface area contributed by atoms with Crippen molar-refractivity contribution in [2.24, 2.45) is 4.99 Å². The highest BCUT2D eigenvalue weighted by atomic mass is 35.5. The molecule has 1 N–H and O–H groups in total. The van der Waals surface area contributed by atoms with Crippen LogP contribution in [0, 0.1) is 0 Å². The number of hydrogen-bond acceptors (Lipinski definition) is 2. The van der Waals surface area contributed by atoms with E-state index < -0.39 is 6.10 Å². The van der Waals surface area contributed by atoms with Crippen LogP contribution in [0.4, 0.5) is 0 Å². The highest BCUT2D eigenvalue weighted by molar-refractivity contribution is 6.49. The van der Waals surface area contributed by atoms with Crippen LogP contribution >= 0.6 is 11.6 Å². The van der Waals surface area contributed by atoms with Gasteiger partial charge in [0.15, 0.2) is 16.3 Å². The van der Waals surface area contributed by atoms with Crippen molar-refractivity contribution < 1.29 is 5.11 Å². The van der Waals surface area contributed by atoms with Crippen LogP contribution in [0.25, 0.3) is 0 Å². The van der Waals surface area contributed by atoms with Gasteiger partial charge in [-0.05, 0) is 0 Å². The molecule has 0 heterocycles. The zero-order chi connectivity index (χ0) is 6.41. The second-order valence-corrected chi connectivity index (χ2v) is 1.93. The summed E-state index contributed by atoms with van der Waals surface area (Å²) in [5, 5.41) is 10.3. The minimum Gasteiger partial charge on any atom is -0.390 e. The van der Waals surface area contributed by atoms with Crippen molar-refractivity contribution in [3.05, 3.63) is 0 Å². The van der Waals surface area contributed by atoms with Gasteiger partial charge in [0, 0.05) is 0 Å². The maximum Gasteiger partial charge on any atom is 0.195 e. The van der Waals surface area contributed by atoms with E-state index in [9.17, 15) is 0 Å². The fourth-order valence-corrected chi connectivity index (χ4v) is 0.451. The summed E-state index contributed by atoms with van der Waals surface area (Å²) in [5.74, 6) is 0.252. The molecule has 0 unspecified atom stereocenters. The van der Waals surface area contributed by atoms with Crippen LogP contribution in [0.1, 0.15) is 0 Å². The zero-order valence-electron chi connectivity index (χ0n) is 4.42. The number of halogens is 1. The van der Waals surface area contributed by atoms with Crippen LogP contribution in [0.2, 0.25) is 0 Å². The van der Waals surface area contributed by atoms with Crippen LogP contribution in [0.15, 0.2) is 4.99 Å². The summed E-state index contributed by atoms with van der Waals surface area (Å²) < 4.78 is 0. The van der Waals surface area contributed by atoms with Crippen molar-refractivity contribution in [2.75, 3.05) is 12.4 Å². The number of aliphatic hydroxyl groups excluding tert-OH is 1. The van der Waals surface area contributed by atoms with E-state index in [-0.39, 0.29) is 5.88 Å². The summed E-state index contributed by atoms with van der Waals surface area (Å²) in [6.07, 6.45) is -0.492. The van der Waals surface area contributed by atoms with E-state index in [4.69, 9.17) is 16.7 Å². The monoisotopic (exact) mass is 147 g/mol. The van der Waals surface area contributed by atoms with Crippen molar-refractivity contribution >= 4 is 33.0 Å². The van der Waals surface area contributed by atoms with Gasteiger partial charge in [-0.2, -0.15) is 0 Å². The fourth-order valence-electron chi connectivity index (χ4n) is 0.231. The predicted octanol–water partition coefficient (Wildman–Crippen LogP) is -0.217. The van der Waals surface area contributed by atoms with Gasteiger partial charge in [-0.3, -0.25) is 0 Å². The van der Waals surface area contributed by atoms with E-state index in [0.717, 1.165) is 0 Å². The summed E-state index contributed by atoms with van der Waals surface area (Å²) >= 11 is 7.58. The molecule has 0 bridgehead atoms. The largest absolute Gasteiger partial charge is 0.390 e. The lowest BCUT2D eigenvalue weighted by Gasteiger charge is -1.98. The molecule has 44 valence electrons. The first kappa shape index (κ1) is 8.45. The third-order valence-corrected chi connectivity index (χ3v) is 1.17. The second-order valence-electron chi connectivity index (χ2n) is 1.32. The molecule has 2 nitrogen and oxygen atoms in total. The zero-order valence-corrected chi connectivity index (χ0v) is 6.33. The summed E-state index contributed by atoms with van der Waals surface area (Å²) in [4.78, 5) is 3.75. The van der Waals surface area contributed by atoms with E-state index >= 15 is 0 Å².